The van der Waals surface area contributed by atoms with Crippen molar-refractivity contribution >= 4 is 11.6 Å². The average Bonchev–Trinajstić information content (AvgIpc) is 2.92. The van der Waals surface area contributed by atoms with Crippen LogP contribution in [0.25, 0.3) is 11.3 Å². The first kappa shape index (κ1) is 12.0. The fourth-order valence-corrected chi connectivity index (χ4v) is 1.81. The molecular formula is C12H10N6O2. The molecule has 1 aromatic carbocycles. The van der Waals surface area contributed by atoms with E-state index in [1.165, 1.54) is 17.8 Å². The summed E-state index contributed by atoms with van der Waals surface area (Å²) < 4.78 is 2.33. The first-order valence-electron chi connectivity index (χ1n) is 5.83. The van der Waals surface area contributed by atoms with Crippen LogP contribution >= 0.6 is 0 Å². The predicted molar refractivity (Wildman–Crippen MR) is 69.8 cm³/mol. The van der Waals surface area contributed by atoms with Crippen LogP contribution in [0, 0.1) is 0 Å². The Morgan fingerprint density at radius 3 is 2.70 bits per heavy atom. The van der Waals surface area contributed by atoms with Crippen LogP contribution in [0.3, 0.4) is 0 Å². The molecule has 8 heteroatoms. The minimum absolute atomic E-state index is 0.0670. The molecule has 0 fully saturated rings. The lowest BCUT2D eigenvalue weighted by Crippen LogP contribution is -2.29. The molecule has 0 aliphatic rings. The maximum atomic E-state index is 12.3. The SMILES string of the molecule is CNC(=O)c1ncn2c(=O)n(-c3ccccc3)nnc12. The molecule has 0 unspecified atom stereocenters. The second kappa shape index (κ2) is 4.57. The lowest BCUT2D eigenvalue weighted by molar-refractivity contribution is 0.0960. The maximum absolute atomic E-state index is 12.3. The van der Waals surface area contributed by atoms with Crippen LogP contribution < -0.4 is 11.0 Å². The van der Waals surface area contributed by atoms with E-state index in [-0.39, 0.29) is 11.3 Å². The van der Waals surface area contributed by atoms with Crippen molar-refractivity contribution in [3.63, 3.8) is 0 Å². The summed E-state index contributed by atoms with van der Waals surface area (Å²) in [6.45, 7) is 0. The number of imidazole rings is 1. The highest BCUT2D eigenvalue weighted by atomic mass is 16.2. The van der Waals surface area contributed by atoms with E-state index in [1.807, 2.05) is 6.07 Å². The molecule has 0 atom stereocenters. The quantitative estimate of drug-likeness (QED) is 0.686. The second-order valence-electron chi connectivity index (χ2n) is 3.99. The van der Waals surface area contributed by atoms with Crippen molar-refractivity contribution in [2.45, 2.75) is 0 Å². The Bertz CT molecular complexity index is 836. The van der Waals surface area contributed by atoms with Crippen molar-refractivity contribution < 1.29 is 4.79 Å². The Labute approximate surface area is 112 Å². The van der Waals surface area contributed by atoms with Gasteiger partial charge in [-0.2, -0.15) is 4.68 Å². The smallest absolute Gasteiger partial charge is 0.354 e. The molecule has 0 saturated carbocycles. The molecular weight excluding hydrogens is 260 g/mol. The number of rotatable bonds is 2. The number of hydrogen-bond donors (Lipinski definition) is 1. The van der Waals surface area contributed by atoms with Crippen molar-refractivity contribution in [3.05, 3.63) is 52.8 Å². The van der Waals surface area contributed by atoms with Crippen molar-refractivity contribution in [2.75, 3.05) is 7.05 Å². The summed E-state index contributed by atoms with van der Waals surface area (Å²) >= 11 is 0. The number of fused-ring (bicyclic) bond motifs is 1. The molecule has 0 spiro atoms. The van der Waals surface area contributed by atoms with Crippen LogP contribution in [0.2, 0.25) is 0 Å². The van der Waals surface area contributed by atoms with E-state index in [1.54, 1.807) is 24.3 Å². The zero-order valence-corrected chi connectivity index (χ0v) is 10.5. The Balaban J connectivity index is 2.23. The summed E-state index contributed by atoms with van der Waals surface area (Å²) in [6, 6.07) is 8.88. The predicted octanol–water partition coefficient (Wildman–Crippen LogP) is -0.365. The number of amides is 1. The fraction of sp³-hybridized carbons (Fsp3) is 0.0833. The molecule has 100 valence electrons. The number of aromatic nitrogens is 5. The van der Waals surface area contributed by atoms with Gasteiger partial charge < -0.3 is 5.32 Å². The molecule has 2 heterocycles. The summed E-state index contributed by atoms with van der Waals surface area (Å²) in [4.78, 5) is 27.8. The van der Waals surface area contributed by atoms with E-state index >= 15 is 0 Å². The summed E-state index contributed by atoms with van der Waals surface area (Å²) in [6.07, 6.45) is 1.26. The molecule has 3 rings (SSSR count). The Hall–Kier alpha value is -3.03. The monoisotopic (exact) mass is 270 g/mol. The second-order valence-corrected chi connectivity index (χ2v) is 3.99. The molecule has 0 saturated heterocycles. The summed E-state index contributed by atoms with van der Waals surface area (Å²) in [7, 11) is 1.48. The molecule has 8 nitrogen and oxygen atoms in total. The van der Waals surface area contributed by atoms with Gasteiger partial charge in [-0.1, -0.05) is 23.4 Å². The van der Waals surface area contributed by atoms with Crippen LogP contribution in [0.5, 0.6) is 0 Å². The number of nitrogens with one attached hydrogen (secondary N) is 1. The van der Waals surface area contributed by atoms with Gasteiger partial charge in [0.1, 0.15) is 6.33 Å². The molecule has 1 N–H and O–H groups in total. The van der Waals surface area contributed by atoms with Crippen molar-refractivity contribution in [3.8, 4) is 5.69 Å². The number of carbonyl (C=O) groups excluding carboxylic acids is 1. The van der Waals surface area contributed by atoms with Gasteiger partial charge in [-0.05, 0) is 12.1 Å². The molecule has 0 bridgehead atoms. The van der Waals surface area contributed by atoms with E-state index in [0.717, 1.165) is 4.68 Å². The standard InChI is InChI=1S/C12H10N6O2/c1-13-11(19)9-10-15-16-18(8-5-3-2-4-6-8)12(20)17(10)7-14-9/h2-7H,1H3,(H,13,19). The fourth-order valence-electron chi connectivity index (χ4n) is 1.81. The highest BCUT2D eigenvalue weighted by molar-refractivity contribution is 5.97. The molecule has 1 amide bonds. The molecule has 0 aliphatic heterocycles. The van der Waals surface area contributed by atoms with Crippen molar-refractivity contribution in [1.29, 1.82) is 0 Å². The van der Waals surface area contributed by atoms with Crippen LogP contribution in [-0.4, -0.2) is 37.3 Å². The Morgan fingerprint density at radius 1 is 1.25 bits per heavy atom. The average molecular weight is 270 g/mol. The van der Waals surface area contributed by atoms with Gasteiger partial charge in [0.15, 0.2) is 11.3 Å². The Morgan fingerprint density at radius 2 is 2.00 bits per heavy atom. The number of hydrogen-bond acceptors (Lipinski definition) is 5. The van der Waals surface area contributed by atoms with Crippen LogP contribution in [-0.2, 0) is 0 Å². The van der Waals surface area contributed by atoms with E-state index in [0.29, 0.717) is 5.69 Å². The van der Waals surface area contributed by atoms with Crippen molar-refractivity contribution in [2.24, 2.45) is 0 Å². The van der Waals surface area contributed by atoms with Gasteiger partial charge in [-0.25, -0.2) is 14.2 Å². The van der Waals surface area contributed by atoms with E-state index < -0.39 is 11.6 Å². The molecule has 20 heavy (non-hydrogen) atoms. The van der Waals surface area contributed by atoms with Crippen molar-refractivity contribution in [1.82, 2.24) is 29.7 Å². The van der Waals surface area contributed by atoms with Gasteiger partial charge in [0.2, 0.25) is 0 Å². The van der Waals surface area contributed by atoms with Gasteiger partial charge in [-0.15, -0.1) is 5.10 Å². The number of para-hydroxylation sites is 1. The Kier molecular flexibility index (Phi) is 2.75. The highest BCUT2D eigenvalue weighted by Crippen LogP contribution is 2.05. The summed E-state index contributed by atoms with van der Waals surface area (Å²) in [5, 5.41) is 10.2. The van der Waals surface area contributed by atoms with E-state index in [2.05, 4.69) is 20.6 Å². The lowest BCUT2D eigenvalue weighted by Gasteiger charge is -2.03. The van der Waals surface area contributed by atoms with Crippen LogP contribution in [0.4, 0.5) is 0 Å². The van der Waals surface area contributed by atoms with Gasteiger partial charge >= 0.3 is 5.69 Å². The minimum atomic E-state index is -0.441. The maximum Gasteiger partial charge on any atom is 0.357 e. The van der Waals surface area contributed by atoms with Gasteiger partial charge in [0, 0.05) is 7.05 Å². The zero-order chi connectivity index (χ0) is 14.1. The normalized spacial score (nSPS) is 10.7. The summed E-state index contributed by atoms with van der Waals surface area (Å²) in [5.74, 6) is -0.418. The van der Waals surface area contributed by atoms with Crippen LogP contribution in [0.15, 0.2) is 41.5 Å². The first-order chi connectivity index (χ1) is 9.72. The van der Waals surface area contributed by atoms with E-state index in [9.17, 15) is 9.59 Å². The summed E-state index contributed by atoms with van der Waals surface area (Å²) in [5.41, 5.74) is 0.338. The third kappa shape index (κ3) is 1.74. The number of nitrogens with zero attached hydrogens (tertiary/aromatic N) is 5. The minimum Gasteiger partial charge on any atom is -0.354 e. The van der Waals surface area contributed by atoms with Gasteiger partial charge in [0.05, 0.1) is 5.69 Å². The molecule has 2 aromatic heterocycles. The van der Waals surface area contributed by atoms with Crippen LogP contribution in [0.1, 0.15) is 10.5 Å². The van der Waals surface area contributed by atoms with Gasteiger partial charge in [-0.3, -0.25) is 4.79 Å². The topological polar surface area (TPSA) is 94.2 Å². The third-order valence-corrected chi connectivity index (χ3v) is 2.80. The number of benzene rings is 1. The molecule has 3 aromatic rings. The zero-order valence-electron chi connectivity index (χ0n) is 10.5. The highest BCUT2D eigenvalue weighted by Gasteiger charge is 2.16. The van der Waals surface area contributed by atoms with E-state index in [4.69, 9.17) is 0 Å². The molecule has 0 aliphatic carbocycles. The third-order valence-electron chi connectivity index (χ3n) is 2.80. The first-order valence-corrected chi connectivity index (χ1v) is 5.83. The lowest BCUT2D eigenvalue weighted by atomic mass is 10.3. The molecule has 0 radical (unpaired) electrons. The largest absolute Gasteiger partial charge is 0.357 e. The van der Waals surface area contributed by atoms with Gasteiger partial charge in [0.25, 0.3) is 5.91 Å². The number of carbonyl (C=O) groups is 1.